The second-order valence-corrected chi connectivity index (χ2v) is 7.06. The van der Waals surface area contributed by atoms with Gasteiger partial charge in [0, 0.05) is 22.5 Å². The Hall–Kier alpha value is -3.12. The molecule has 2 aromatic carbocycles. The maximum absolute atomic E-state index is 12.7. The van der Waals surface area contributed by atoms with E-state index in [9.17, 15) is 4.79 Å². The smallest absolute Gasteiger partial charge is 0.267 e. The molecule has 5 nitrogen and oxygen atoms in total. The number of nitrogen functional groups attached to an aromatic ring is 1. The number of hydrogen-bond donors (Lipinski definition) is 2. The van der Waals surface area contributed by atoms with Gasteiger partial charge < -0.3 is 15.8 Å². The van der Waals surface area contributed by atoms with Crippen LogP contribution in [0.2, 0.25) is 0 Å². The molecule has 0 unspecified atom stereocenters. The molecule has 0 radical (unpaired) electrons. The van der Waals surface area contributed by atoms with Crippen LogP contribution in [0, 0.1) is 6.92 Å². The SMILES string of the molecule is COc1ccc2cc3c(N)c(C(=O)Nc4ccc(C)cc4)sc3nc2c1. The van der Waals surface area contributed by atoms with E-state index in [0.29, 0.717) is 10.6 Å². The zero-order chi connectivity index (χ0) is 18.3. The van der Waals surface area contributed by atoms with Crippen LogP contribution in [0.15, 0.2) is 48.5 Å². The molecule has 130 valence electrons. The molecule has 0 aliphatic carbocycles. The number of benzene rings is 2. The van der Waals surface area contributed by atoms with Gasteiger partial charge in [-0.1, -0.05) is 17.7 Å². The van der Waals surface area contributed by atoms with Gasteiger partial charge in [-0.2, -0.15) is 0 Å². The molecule has 3 N–H and O–H groups in total. The van der Waals surface area contributed by atoms with E-state index in [0.717, 1.165) is 38.1 Å². The quantitative estimate of drug-likeness (QED) is 0.558. The molecule has 4 aromatic rings. The van der Waals surface area contributed by atoms with Crippen LogP contribution in [-0.2, 0) is 0 Å². The van der Waals surface area contributed by atoms with E-state index in [2.05, 4.69) is 10.3 Å². The fourth-order valence-electron chi connectivity index (χ4n) is 2.79. The first-order chi connectivity index (χ1) is 12.5. The van der Waals surface area contributed by atoms with Crippen molar-refractivity contribution in [1.82, 2.24) is 4.98 Å². The highest BCUT2D eigenvalue weighted by atomic mass is 32.1. The van der Waals surface area contributed by atoms with Crippen LogP contribution in [-0.4, -0.2) is 18.0 Å². The second kappa shape index (κ2) is 6.31. The molecular formula is C20H17N3O2S. The molecule has 1 amide bonds. The predicted molar refractivity (Wildman–Crippen MR) is 107 cm³/mol. The number of fused-ring (bicyclic) bond motifs is 2. The molecule has 0 atom stereocenters. The summed E-state index contributed by atoms with van der Waals surface area (Å²) < 4.78 is 5.25. The Balaban J connectivity index is 1.75. The minimum Gasteiger partial charge on any atom is -0.497 e. The molecule has 0 fully saturated rings. The van der Waals surface area contributed by atoms with Crippen LogP contribution in [0.5, 0.6) is 5.75 Å². The maximum Gasteiger partial charge on any atom is 0.267 e. The molecule has 2 heterocycles. The third-order valence-corrected chi connectivity index (χ3v) is 5.35. The number of nitrogens with zero attached hydrogens (tertiary/aromatic N) is 1. The summed E-state index contributed by atoms with van der Waals surface area (Å²) in [5, 5.41) is 4.64. The third-order valence-electron chi connectivity index (χ3n) is 4.24. The zero-order valence-corrected chi connectivity index (χ0v) is 15.2. The fourth-order valence-corrected chi connectivity index (χ4v) is 3.77. The molecule has 26 heavy (non-hydrogen) atoms. The molecule has 0 saturated carbocycles. The first-order valence-corrected chi connectivity index (χ1v) is 8.91. The van der Waals surface area contributed by atoms with Gasteiger partial charge in [-0.05, 0) is 37.3 Å². The Labute approximate surface area is 154 Å². The maximum atomic E-state index is 12.7. The molecule has 6 heteroatoms. The molecule has 0 spiro atoms. The van der Waals surface area contributed by atoms with E-state index in [1.165, 1.54) is 11.3 Å². The number of hydrogen-bond acceptors (Lipinski definition) is 5. The second-order valence-electron chi connectivity index (χ2n) is 6.06. The lowest BCUT2D eigenvalue weighted by Gasteiger charge is -2.04. The van der Waals surface area contributed by atoms with Crippen molar-refractivity contribution < 1.29 is 9.53 Å². The van der Waals surface area contributed by atoms with Crippen LogP contribution >= 0.6 is 11.3 Å². The van der Waals surface area contributed by atoms with Gasteiger partial charge in [0.2, 0.25) is 0 Å². The van der Waals surface area contributed by atoms with Gasteiger partial charge in [0.05, 0.1) is 18.3 Å². The lowest BCUT2D eigenvalue weighted by atomic mass is 10.1. The minimum absolute atomic E-state index is 0.226. The minimum atomic E-state index is -0.226. The molecular weight excluding hydrogens is 346 g/mol. The van der Waals surface area contributed by atoms with Crippen LogP contribution in [0.1, 0.15) is 15.2 Å². The standard InChI is InChI=1S/C20H17N3O2S/c1-11-3-6-13(7-4-11)22-19(24)18-17(21)15-9-12-5-8-14(25-2)10-16(12)23-20(15)26-18/h3-10H,21H2,1-2H3,(H,22,24). The van der Waals surface area contributed by atoms with Crippen molar-refractivity contribution in [3.05, 3.63) is 59.0 Å². The average Bonchev–Trinajstić information content (AvgIpc) is 2.97. The van der Waals surface area contributed by atoms with Crippen LogP contribution in [0.4, 0.5) is 11.4 Å². The van der Waals surface area contributed by atoms with Crippen molar-refractivity contribution in [3.8, 4) is 5.75 Å². The summed E-state index contributed by atoms with van der Waals surface area (Å²) in [5.41, 5.74) is 9.39. The number of anilines is 2. The molecule has 0 aliphatic rings. The van der Waals surface area contributed by atoms with E-state index in [-0.39, 0.29) is 5.91 Å². The van der Waals surface area contributed by atoms with Crippen molar-refractivity contribution in [2.75, 3.05) is 18.2 Å². The lowest BCUT2D eigenvalue weighted by Crippen LogP contribution is -2.11. The summed E-state index contributed by atoms with van der Waals surface area (Å²) >= 11 is 1.29. The first-order valence-electron chi connectivity index (χ1n) is 8.10. The number of thiophene rings is 1. The highest BCUT2D eigenvalue weighted by Crippen LogP contribution is 2.35. The molecule has 4 rings (SSSR count). The van der Waals surface area contributed by atoms with Gasteiger partial charge in [-0.3, -0.25) is 4.79 Å². The predicted octanol–water partition coefficient (Wildman–Crippen LogP) is 4.60. The van der Waals surface area contributed by atoms with E-state index in [1.807, 2.05) is 55.5 Å². The van der Waals surface area contributed by atoms with Crippen molar-refractivity contribution in [2.45, 2.75) is 6.92 Å². The van der Waals surface area contributed by atoms with E-state index >= 15 is 0 Å². The van der Waals surface area contributed by atoms with Crippen LogP contribution in [0.25, 0.3) is 21.1 Å². The van der Waals surface area contributed by atoms with Gasteiger partial charge in [0.25, 0.3) is 5.91 Å². The number of methoxy groups -OCH3 is 1. The number of aromatic nitrogens is 1. The molecule has 0 bridgehead atoms. The van der Waals surface area contributed by atoms with Gasteiger partial charge >= 0.3 is 0 Å². The van der Waals surface area contributed by atoms with Crippen molar-refractivity contribution in [2.24, 2.45) is 0 Å². The van der Waals surface area contributed by atoms with Crippen molar-refractivity contribution in [1.29, 1.82) is 0 Å². The number of nitrogens with two attached hydrogens (primary N) is 1. The van der Waals surface area contributed by atoms with Crippen LogP contribution < -0.4 is 15.8 Å². The van der Waals surface area contributed by atoms with E-state index in [1.54, 1.807) is 7.11 Å². The first kappa shape index (κ1) is 16.4. The lowest BCUT2D eigenvalue weighted by molar-refractivity contribution is 0.103. The summed E-state index contributed by atoms with van der Waals surface area (Å²) in [7, 11) is 1.62. The van der Waals surface area contributed by atoms with Gasteiger partial charge in [-0.15, -0.1) is 11.3 Å². The summed E-state index contributed by atoms with van der Waals surface area (Å²) in [5.74, 6) is 0.516. The Morgan fingerprint density at radius 1 is 1.15 bits per heavy atom. The van der Waals surface area contributed by atoms with E-state index < -0.39 is 0 Å². The Bertz CT molecular complexity index is 1130. The van der Waals surface area contributed by atoms with Crippen LogP contribution in [0.3, 0.4) is 0 Å². The number of aryl methyl sites for hydroxylation is 1. The number of amides is 1. The fraction of sp³-hybridized carbons (Fsp3) is 0.100. The summed E-state index contributed by atoms with van der Waals surface area (Å²) in [4.78, 5) is 18.5. The third kappa shape index (κ3) is 2.84. The molecule has 2 aromatic heterocycles. The monoisotopic (exact) mass is 363 g/mol. The number of nitrogens with one attached hydrogen (secondary N) is 1. The molecule has 0 aliphatic heterocycles. The summed E-state index contributed by atoms with van der Waals surface area (Å²) in [6.07, 6.45) is 0. The van der Waals surface area contributed by atoms with E-state index in [4.69, 9.17) is 10.5 Å². The Morgan fingerprint density at radius 2 is 1.92 bits per heavy atom. The average molecular weight is 363 g/mol. The number of carbonyl (C=O) groups is 1. The topological polar surface area (TPSA) is 77.2 Å². The Morgan fingerprint density at radius 3 is 2.65 bits per heavy atom. The number of ether oxygens (including phenoxy) is 1. The van der Waals surface area contributed by atoms with Crippen molar-refractivity contribution in [3.63, 3.8) is 0 Å². The molecule has 0 saturated heterocycles. The van der Waals surface area contributed by atoms with Gasteiger partial charge in [0.15, 0.2) is 0 Å². The van der Waals surface area contributed by atoms with Crippen molar-refractivity contribution >= 4 is 49.7 Å². The normalized spacial score (nSPS) is 11.0. The van der Waals surface area contributed by atoms with Gasteiger partial charge in [-0.25, -0.2) is 4.98 Å². The highest BCUT2D eigenvalue weighted by molar-refractivity contribution is 7.21. The Kier molecular flexibility index (Phi) is 3.97. The number of carbonyl (C=O) groups excluding carboxylic acids is 1. The van der Waals surface area contributed by atoms with Gasteiger partial charge in [0.1, 0.15) is 15.5 Å². The zero-order valence-electron chi connectivity index (χ0n) is 14.4. The summed E-state index contributed by atoms with van der Waals surface area (Å²) in [6.45, 7) is 2.00. The number of pyridine rings is 1. The largest absolute Gasteiger partial charge is 0.497 e. The summed E-state index contributed by atoms with van der Waals surface area (Å²) in [6, 6.07) is 15.3. The number of rotatable bonds is 3. The highest BCUT2D eigenvalue weighted by Gasteiger charge is 2.18.